The molecule has 35 heavy (non-hydrogen) atoms. The number of hydrogen-bond acceptors (Lipinski definition) is 4. The first kappa shape index (κ1) is 21.1. The van der Waals surface area contributed by atoms with Crippen LogP contribution in [0.5, 0.6) is 0 Å². The minimum atomic E-state index is -0.655. The molecule has 0 amide bonds. The molecule has 6 heteroatoms. The van der Waals surface area contributed by atoms with Crippen molar-refractivity contribution in [3.05, 3.63) is 114 Å². The van der Waals surface area contributed by atoms with Gasteiger partial charge in [-0.3, -0.25) is 0 Å². The number of rotatable bonds is 6. The lowest BCUT2D eigenvalue weighted by Gasteiger charge is -2.18. The Morgan fingerprint density at radius 1 is 0.829 bits per heavy atom. The van der Waals surface area contributed by atoms with Crippen LogP contribution in [0, 0.1) is 5.82 Å². The number of benzene rings is 4. The van der Waals surface area contributed by atoms with Crippen LogP contribution in [0.1, 0.15) is 24.4 Å². The van der Waals surface area contributed by atoms with Crippen molar-refractivity contribution in [2.45, 2.75) is 19.5 Å². The summed E-state index contributed by atoms with van der Waals surface area (Å²) in [6, 6.07) is 30.1. The Bertz CT molecular complexity index is 1640. The van der Waals surface area contributed by atoms with Crippen LogP contribution in [0.15, 0.2) is 101 Å². The third-order valence-corrected chi connectivity index (χ3v) is 6.32. The topological polar surface area (TPSA) is 55.9 Å². The van der Waals surface area contributed by atoms with E-state index in [0.717, 1.165) is 28.7 Å². The largest absolute Gasteiger partial charge is 0.418 e. The molecule has 0 aliphatic carbocycles. The molecule has 5 nitrogen and oxygen atoms in total. The molecule has 0 aliphatic heterocycles. The summed E-state index contributed by atoms with van der Waals surface area (Å²) >= 11 is 0. The van der Waals surface area contributed by atoms with Gasteiger partial charge in [-0.2, -0.15) is 0 Å². The minimum absolute atomic E-state index is 0.296. The zero-order chi connectivity index (χ0) is 23.8. The van der Waals surface area contributed by atoms with E-state index in [0.29, 0.717) is 17.3 Å². The monoisotopic (exact) mass is 462 g/mol. The number of anilines is 1. The first-order valence-electron chi connectivity index (χ1n) is 11.6. The van der Waals surface area contributed by atoms with Gasteiger partial charge in [-0.05, 0) is 49.4 Å². The van der Waals surface area contributed by atoms with Crippen LogP contribution in [0.3, 0.4) is 0 Å². The minimum Gasteiger partial charge on any atom is -0.418 e. The van der Waals surface area contributed by atoms with E-state index in [1.807, 2.05) is 42.5 Å². The van der Waals surface area contributed by atoms with Crippen molar-refractivity contribution in [1.82, 2.24) is 14.8 Å². The smallest absolute Gasteiger partial charge is 0.247 e. The standard InChI is InChI=1S/C29H23FN4O/c1-2-34-25-15-9-7-12-21(25)23-18-20(16-17-26(23)34)31-27(22-13-6-8-14-24(22)30)29-33-32-28(35-29)19-10-4-3-5-11-19/h3-18,27,31H,2H2,1H3/t27-/m1/s1. The van der Waals surface area contributed by atoms with E-state index in [1.165, 1.54) is 17.0 Å². The molecular formula is C29H23FN4O. The molecule has 1 N–H and O–H groups in total. The first-order valence-corrected chi connectivity index (χ1v) is 11.6. The molecule has 2 heterocycles. The average Bonchev–Trinajstić information content (AvgIpc) is 3.51. The van der Waals surface area contributed by atoms with Gasteiger partial charge in [-0.1, -0.05) is 54.6 Å². The van der Waals surface area contributed by atoms with E-state index in [2.05, 4.69) is 57.3 Å². The first-order chi connectivity index (χ1) is 17.2. The van der Waals surface area contributed by atoms with E-state index in [1.54, 1.807) is 18.2 Å². The van der Waals surface area contributed by atoms with Crippen LogP contribution < -0.4 is 5.32 Å². The van der Waals surface area contributed by atoms with Crippen LogP contribution in [-0.4, -0.2) is 14.8 Å². The second-order valence-electron chi connectivity index (χ2n) is 8.40. The van der Waals surface area contributed by atoms with Crippen molar-refractivity contribution in [2.75, 3.05) is 5.32 Å². The maximum Gasteiger partial charge on any atom is 0.247 e. The molecule has 0 fully saturated rings. The molecule has 0 saturated heterocycles. The third-order valence-electron chi connectivity index (χ3n) is 6.32. The van der Waals surface area contributed by atoms with E-state index in [9.17, 15) is 4.39 Å². The zero-order valence-corrected chi connectivity index (χ0v) is 19.1. The predicted molar refractivity (Wildman–Crippen MR) is 137 cm³/mol. The Kier molecular flexibility index (Phi) is 5.26. The number of nitrogens with one attached hydrogen (secondary N) is 1. The zero-order valence-electron chi connectivity index (χ0n) is 19.1. The van der Waals surface area contributed by atoms with Gasteiger partial charge in [0.05, 0.1) is 0 Å². The fraction of sp³-hybridized carbons (Fsp3) is 0.103. The Labute approximate surface area is 201 Å². The van der Waals surface area contributed by atoms with Gasteiger partial charge < -0.3 is 14.3 Å². The van der Waals surface area contributed by atoms with Gasteiger partial charge >= 0.3 is 0 Å². The lowest BCUT2D eigenvalue weighted by Crippen LogP contribution is -2.14. The van der Waals surface area contributed by atoms with Crippen molar-refractivity contribution >= 4 is 27.5 Å². The Balaban J connectivity index is 1.45. The summed E-state index contributed by atoms with van der Waals surface area (Å²) in [6.07, 6.45) is 0. The fourth-order valence-corrected chi connectivity index (χ4v) is 4.68. The van der Waals surface area contributed by atoms with E-state index in [4.69, 9.17) is 4.42 Å². The van der Waals surface area contributed by atoms with E-state index in [-0.39, 0.29) is 5.82 Å². The van der Waals surface area contributed by atoms with Gasteiger partial charge in [0.25, 0.3) is 0 Å². The number of fused-ring (bicyclic) bond motifs is 3. The number of halogens is 1. The molecule has 0 aliphatic rings. The summed E-state index contributed by atoms with van der Waals surface area (Å²) in [5.41, 5.74) is 4.44. The molecular weight excluding hydrogens is 439 g/mol. The van der Waals surface area contributed by atoms with Crippen molar-refractivity contribution in [3.63, 3.8) is 0 Å². The summed E-state index contributed by atoms with van der Waals surface area (Å²) in [5.74, 6) is 0.350. The number of hydrogen-bond donors (Lipinski definition) is 1. The van der Waals surface area contributed by atoms with Crippen molar-refractivity contribution in [2.24, 2.45) is 0 Å². The van der Waals surface area contributed by atoms with Crippen molar-refractivity contribution in [3.8, 4) is 11.5 Å². The van der Waals surface area contributed by atoms with E-state index < -0.39 is 6.04 Å². The molecule has 2 aromatic heterocycles. The van der Waals surface area contributed by atoms with Gasteiger partial charge in [-0.25, -0.2) is 4.39 Å². The Hall–Kier alpha value is -4.45. The van der Waals surface area contributed by atoms with Crippen LogP contribution in [0.4, 0.5) is 10.1 Å². The maximum atomic E-state index is 14.9. The summed E-state index contributed by atoms with van der Waals surface area (Å²) in [7, 11) is 0. The highest BCUT2D eigenvalue weighted by Gasteiger charge is 2.24. The molecule has 6 aromatic rings. The number of nitrogens with zero attached hydrogens (tertiary/aromatic N) is 3. The van der Waals surface area contributed by atoms with Crippen molar-refractivity contribution in [1.29, 1.82) is 0 Å². The average molecular weight is 463 g/mol. The Morgan fingerprint density at radius 2 is 1.57 bits per heavy atom. The molecule has 0 unspecified atom stereocenters. The third kappa shape index (κ3) is 3.73. The predicted octanol–water partition coefficient (Wildman–Crippen LogP) is 7.21. The SMILES string of the molecule is CCn1c2ccccc2c2cc(N[C@@H](c3nnc(-c4ccccc4)o3)c3ccccc3F)ccc21. The number of aryl methyl sites for hydroxylation is 1. The Morgan fingerprint density at radius 3 is 2.40 bits per heavy atom. The molecule has 1 atom stereocenters. The molecule has 4 aromatic carbocycles. The lowest BCUT2D eigenvalue weighted by molar-refractivity contribution is 0.485. The molecule has 6 rings (SSSR count). The molecule has 0 bridgehead atoms. The molecule has 0 saturated carbocycles. The lowest BCUT2D eigenvalue weighted by atomic mass is 10.1. The second-order valence-corrected chi connectivity index (χ2v) is 8.40. The van der Waals surface area contributed by atoms with Crippen LogP contribution in [-0.2, 0) is 6.54 Å². The normalized spacial score (nSPS) is 12.3. The van der Waals surface area contributed by atoms with Crippen LogP contribution in [0.2, 0.25) is 0 Å². The molecule has 0 spiro atoms. The molecule has 172 valence electrons. The van der Waals surface area contributed by atoms with Gasteiger partial charge in [0.15, 0.2) is 0 Å². The quantitative estimate of drug-likeness (QED) is 0.284. The van der Waals surface area contributed by atoms with Crippen LogP contribution in [0.25, 0.3) is 33.3 Å². The fourth-order valence-electron chi connectivity index (χ4n) is 4.68. The summed E-state index contributed by atoms with van der Waals surface area (Å²) in [6.45, 7) is 3.02. The maximum absolute atomic E-state index is 14.9. The van der Waals surface area contributed by atoms with Gasteiger partial charge in [0.2, 0.25) is 11.8 Å². The van der Waals surface area contributed by atoms with Gasteiger partial charge in [-0.15, -0.1) is 10.2 Å². The number of aromatic nitrogens is 3. The summed E-state index contributed by atoms with van der Waals surface area (Å²) < 4.78 is 23.3. The van der Waals surface area contributed by atoms with Crippen LogP contribution >= 0.6 is 0 Å². The van der Waals surface area contributed by atoms with Crippen molar-refractivity contribution < 1.29 is 8.81 Å². The highest BCUT2D eigenvalue weighted by Crippen LogP contribution is 2.34. The number of para-hydroxylation sites is 1. The highest BCUT2D eigenvalue weighted by atomic mass is 19.1. The van der Waals surface area contributed by atoms with E-state index >= 15 is 0 Å². The van der Waals surface area contributed by atoms with Gasteiger partial charge in [0.1, 0.15) is 11.9 Å². The summed E-state index contributed by atoms with van der Waals surface area (Å²) in [5, 5.41) is 14.3. The summed E-state index contributed by atoms with van der Waals surface area (Å²) in [4.78, 5) is 0. The van der Waals surface area contributed by atoms with Gasteiger partial charge in [0, 0.05) is 45.2 Å². The highest BCUT2D eigenvalue weighted by molar-refractivity contribution is 6.09. The molecule has 0 radical (unpaired) electrons. The second kappa shape index (κ2) is 8.72.